The van der Waals surface area contributed by atoms with E-state index in [1.54, 1.807) is 17.0 Å². The molecule has 0 radical (unpaired) electrons. The van der Waals surface area contributed by atoms with Crippen LogP contribution in [0, 0.1) is 5.82 Å². The van der Waals surface area contributed by atoms with Crippen molar-refractivity contribution in [2.45, 2.75) is 26.3 Å². The Hall–Kier alpha value is -3.62. The zero-order valence-corrected chi connectivity index (χ0v) is 17.2. The van der Waals surface area contributed by atoms with E-state index in [2.05, 4.69) is 15.0 Å². The summed E-state index contributed by atoms with van der Waals surface area (Å²) < 4.78 is 54.2. The van der Waals surface area contributed by atoms with Gasteiger partial charge >= 0.3 is 12.4 Å². The number of hydrogen-bond donors (Lipinski definition) is 1. The van der Waals surface area contributed by atoms with Gasteiger partial charge in [0.15, 0.2) is 0 Å². The number of halogens is 4. The van der Waals surface area contributed by atoms with E-state index in [4.69, 9.17) is 0 Å². The fourth-order valence-electron chi connectivity index (χ4n) is 3.08. The van der Waals surface area contributed by atoms with E-state index in [0.29, 0.717) is 24.3 Å². The van der Waals surface area contributed by atoms with Crippen LogP contribution in [0.25, 0.3) is 11.3 Å². The van der Waals surface area contributed by atoms with Crippen molar-refractivity contribution >= 4 is 11.7 Å². The number of alkyl halides is 3. The third-order valence-corrected chi connectivity index (χ3v) is 4.44. The van der Waals surface area contributed by atoms with Gasteiger partial charge in [0.25, 0.3) is 0 Å². The quantitative estimate of drug-likeness (QED) is 0.437. The number of benzene rings is 2. The standard InChI is InChI=1S/C23H21F4N3O2/c1-2-12-30(22(31)29-19-6-8-20(9-7-19)32-23(25,26)27)15-16-4-3-5-17(13-16)21-14-18(24)10-11-28-21/h3-11,13-14H,2,12,15H2,1H3,(H,29,31). The van der Waals surface area contributed by atoms with E-state index in [1.165, 1.54) is 30.5 Å². The van der Waals surface area contributed by atoms with Crippen molar-refractivity contribution in [3.05, 3.63) is 78.2 Å². The van der Waals surface area contributed by atoms with Crippen molar-refractivity contribution in [1.29, 1.82) is 0 Å². The minimum absolute atomic E-state index is 0.290. The Balaban J connectivity index is 1.70. The van der Waals surface area contributed by atoms with E-state index in [1.807, 2.05) is 19.1 Å². The molecule has 0 spiro atoms. The first-order valence-corrected chi connectivity index (χ1v) is 9.86. The molecule has 1 heterocycles. The first kappa shape index (κ1) is 23.1. The van der Waals surface area contributed by atoms with E-state index < -0.39 is 12.4 Å². The lowest BCUT2D eigenvalue weighted by molar-refractivity contribution is -0.274. The van der Waals surface area contributed by atoms with Gasteiger partial charge in [0, 0.05) is 36.6 Å². The van der Waals surface area contributed by atoms with Gasteiger partial charge in [-0.2, -0.15) is 0 Å². The summed E-state index contributed by atoms with van der Waals surface area (Å²) in [6, 6.07) is 14.4. The predicted molar refractivity (Wildman–Crippen MR) is 112 cm³/mol. The second kappa shape index (κ2) is 10.1. The molecule has 0 unspecified atom stereocenters. The van der Waals surface area contributed by atoms with Crippen LogP contribution >= 0.6 is 0 Å². The lowest BCUT2D eigenvalue weighted by Gasteiger charge is -2.23. The van der Waals surface area contributed by atoms with E-state index in [-0.39, 0.29) is 18.1 Å². The van der Waals surface area contributed by atoms with Gasteiger partial charge in [-0.05, 0) is 48.4 Å². The highest BCUT2D eigenvalue weighted by Gasteiger charge is 2.31. The number of nitrogens with one attached hydrogen (secondary N) is 1. The van der Waals surface area contributed by atoms with Crippen LogP contribution in [0.1, 0.15) is 18.9 Å². The van der Waals surface area contributed by atoms with Crippen LogP contribution in [-0.4, -0.2) is 28.8 Å². The minimum Gasteiger partial charge on any atom is -0.406 e. The molecule has 1 N–H and O–H groups in total. The van der Waals surface area contributed by atoms with Gasteiger partial charge in [0.05, 0.1) is 5.69 Å². The monoisotopic (exact) mass is 447 g/mol. The summed E-state index contributed by atoms with van der Waals surface area (Å²) in [6.45, 7) is 2.68. The van der Waals surface area contributed by atoms with Gasteiger partial charge in [-0.15, -0.1) is 13.2 Å². The van der Waals surface area contributed by atoms with Crippen LogP contribution in [0.4, 0.5) is 28.0 Å². The summed E-state index contributed by atoms with van der Waals surface area (Å²) in [7, 11) is 0. The van der Waals surface area contributed by atoms with Crippen LogP contribution in [0.15, 0.2) is 66.9 Å². The molecular weight excluding hydrogens is 426 g/mol. The van der Waals surface area contributed by atoms with Crippen molar-refractivity contribution in [2.75, 3.05) is 11.9 Å². The van der Waals surface area contributed by atoms with Crippen LogP contribution in [-0.2, 0) is 6.54 Å². The summed E-state index contributed by atoms with van der Waals surface area (Å²) in [5, 5.41) is 2.68. The summed E-state index contributed by atoms with van der Waals surface area (Å²) in [5.41, 5.74) is 2.37. The normalized spacial score (nSPS) is 11.2. The number of rotatable bonds is 7. The van der Waals surface area contributed by atoms with Gasteiger partial charge in [-0.3, -0.25) is 4.98 Å². The Morgan fingerprint density at radius 1 is 1.09 bits per heavy atom. The lowest BCUT2D eigenvalue weighted by atomic mass is 10.1. The maximum Gasteiger partial charge on any atom is 0.573 e. The highest BCUT2D eigenvalue weighted by molar-refractivity contribution is 5.89. The number of carbonyl (C=O) groups is 1. The molecule has 0 saturated heterocycles. The second-order valence-corrected chi connectivity index (χ2v) is 6.98. The molecular formula is C23H21F4N3O2. The Morgan fingerprint density at radius 2 is 1.84 bits per heavy atom. The molecule has 0 aliphatic rings. The van der Waals surface area contributed by atoms with Crippen molar-refractivity contribution in [1.82, 2.24) is 9.88 Å². The number of nitrogens with zero attached hydrogens (tertiary/aromatic N) is 2. The number of hydrogen-bond acceptors (Lipinski definition) is 3. The number of carbonyl (C=O) groups excluding carboxylic acids is 1. The minimum atomic E-state index is -4.78. The van der Waals surface area contributed by atoms with Crippen LogP contribution in [0.3, 0.4) is 0 Å². The largest absolute Gasteiger partial charge is 0.573 e. The Bertz CT molecular complexity index is 1060. The Labute approximate surface area is 182 Å². The van der Waals surface area contributed by atoms with Crippen LogP contribution in [0.5, 0.6) is 5.75 Å². The highest BCUT2D eigenvalue weighted by Crippen LogP contribution is 2.24. The number of urea groups is 1. The average molecular weight is 447 g/mol. The van der Waals surface area contributed by atoms with Crippen LogP contribution < -0.4 is 10.1 Å². The fraction of sp³-hybridized carbons (Fsp3) is 0.217. The Kier molecular flexibility index (Phi) is 7.29. The SMILES string of the molecule is CCCN(Cc1cccc(-c2cc(F)ccn2)c1)C(=O)Nc1ccc(OC(F)(F)F)cc1. The summed E-state index contributed by atoms with van der Waals surface area (Å²) in [5.74, 6) is -0.761. The molecule has 9 heteroatoms. The maximum atomic E-state index is 13.5. The fourth-order valence-corrected chi connectivity index (χ4v) is 3.08. The third kappa shape index (κ3) is 6.69. The van der Waals surface area contributed by atoms with Gasteiger partial charge < -0.3 is 15.0 Å². The summed E-state index contributed by atoms with van der Waals surface area (Å²) in [4.78, 5) is 18.5. The molecule has 1 aromatic heterocycles. The topological polar surface area (TPSA) is 54.5 Å². The first-order chi connectivity index (χ1) is 15.2. The van der Waals surface area contributed by atoms with E-state index in [9.17, 15) is 22.4 Å². The third-order valence-electron chi connectivity index (χ3n) is 4.44. The van der Waals surface area contributed by atoms with E-state index in [0.717, 1.165) is 23.3 Å². The first-order valence-electron chi connectivity index (χ1n) is 9.86. The maximum absolute atomic E-state index is 13.5. The van der Waals surface area contributed by atoms with Crippen molar-refractivity contribution in [2.24, 2.45) is 0 Å². The van der Waals surface area contributed by atoms with Crippen LogP contribution in [0.2, 0.25) is 0 Å². The summed E-state index contributed by atoms with van der Waals surface area (Å²) >= 11 is 0. The average Bonchev–Trinajstić information content (AvgIpc) is 2.74. The molecule has 3 aromatic rings. The number of amides is 2. The Morgan fingerprint density at radius 3 is 2.50 bits per heavy atom. The number of aromatic nitrogens is 1. The molecule has 3 rings (SSSR count). The zero-order valence-electron chi connectivity index (χ0n) is 17.2. The molecule has 0 aliphatic heterocycles. The zero-order chi connectivity index (χ0) is 23.1. The number of ether oxygens (including phenoxy) is 1. The molecule has 5 nitrogen and oxygen atoms in total. The molecule has 32 heavy (non-hydrogen) atoms. The van der Waals surface area contributed by atoms with Crippen molar-refractivity contribution in [3.8, 4) is 17.0 Å². The highest BCUT2D eigenvalue weighted by atomic mass is 19.4. The number of anilines is 1. The number of pyridine rings is 1. The van der Waals surface area contributed by atoms with Gasteiger partial charge in [0.1, 0.15) is 11.6 Å². The molecule has 0 bridgehead atoms. The molecule has 0 fully saturated rings. The smallest absolute Gasteiger partial charge is 0.406 e. The molecule has 0 saturated carbocycles. The van der Waals surface area contributed by atoms with Crippen molar-refractivity contribution < 1.29 is 27.1 Å². The lowest BCUT2D eigenvalue weighted by Crippen LogP contribution is -2.35. The molecule has 2 amide bonds. The predicted octanol–water partition coefficient (Wildman–Crippen LogP) is 6.23. The van der Waals surface area contributed by atoms with Gasteiger partial charge in [-0.25, -0.2) is 9.18 Å². The summed E-state index contributed by atoms with van der Waals surface area (Å²) in [6.07, 6.45) is -2.69. The molecule has 168 valence electrons. The molecule has 2 aromatic carbocycles. The van der Waals surface area contributed by atoms with Gasteiger partial charge in [-0.1, -0.05) is 25.1 Å². The van der Waals surface area contributed by atoms with E-state index >= 15 is 0 Å². The van der Waals surface area contributed by atoms with Gasteiger partial charge in [0.2, 0.25) is 0 Å². The molecule has 0 atom stereocenters. The van der Waals surface area contributed by atoms with Crippen molar-refractivity contribution in [3.63, 3.8) is 0 Å². The molecule has 0 aliphatic carbocycles. The second-order valence-electron chi connectivity index (χ2n) is 6.98.